The minimum atomic E-state index is -0.000718. The molecule has 0 radical (unpaired) electrons. The fourth-order valence-corrected chi connectivity index (χ4v) is 2.57. The maximum Gasteiger partial charge on any atom is 0.255 e. The van der Waals surface area contributed by atoms with Gasteiger partial charge in [0.2, 0.25) is 0 Å². The van der Waals surface area contributed by atoms with E-state index >= 15 is 0 Å². The molecule has 0 aliphatic carbocycles. The lowest BCUT2D eigenvalue weighted by atomic mass is 10.0. The SMILES string of the molecule is CC(C)N(C(=O)c1ccccc1-c1cnc(N)cn1)C(C)C. The van der Waals surface area contributed by atoms with E-state index in [1.54, 1.807) is 6.20 Å². The zero-order valence-corrected chi connectivity index (χ0v) is 13.4. The molecule has 0 unspecified atom stereocenters. The van der Waals surface area contributed by atoms with Gasteiger partial charge >= 0.3 is 0 Å². The minimum Gasteiger partial charge on any atom is -0.382 e. The van der Waals surface area contributed by atoms with Crippen LogP contribution >= 0.6 is 0 Å². The van der Waals surface area contributed by atoms with Crippen molar-refractivity contribution in [3.63, 3.8) is 0 Å². The number of nitrogen functional groups attached to an aromatic ring is 1. The first-order valence-electron chi connectivity index (χ1n) is 7.41. The summed E-state index contributed by atoms with van der Waals surface area (Å²) in [6, 6.07) is 7.70. The van der Waals surface area contributed by atoms with Crippen molar-refractivity contribution >= 4 is 11.7 Å². The molecule has 22 heavy (non-hydrogen) atoms. The van der Waals surface area contributed by atoms with E-state index < -0.39 is 0 Å². The van der Waals surface area contributed by atoms with Crippen molar-refractivity contribution in [3.05, 3.63) is 42.2 Å². The van der Waals surface area contributed by atoms with E-state index in [0.717, 1.165) is 5.56 Å². The number of hydrogen-bond acceptors (Lipinski definition) is 4. The summed E-state index contributed by atoms with van der Waals surface area (Å²) in [6.07, 6.45) is 3.09. The zero-order chi connectivity index (χ0) is 16.3. The summed E-state index contributed by atoms with van der Waals surface area (Å²) in [4.78, 5) is 23.2. The number of rotatable bonds is 4. The van der Waals surface area contributed by atoms with E-state index in [1.807, 2.05) is 56.9 Å². The Labute approximate surface area is 131 Å². The Balaban J connectivity index is 2.48. The summed E-state index contributed by atoms with van der Waals surface area (Å²) in [5.74, 6) is 0.359. The predicted octanol–water partition coefficient (Wildman–Crippen LogP) is 2.98. The molecule has 0 saturated heterocycles. The molecule has 0 spiro atoms. The van der Waals surface area contributed by atoms with E-state index in [9.17, 15) is 4.79 Å². The number of nitrogens with zero attached hydrogens (tertiary/aromatic N) is 3. The molecule has 5 heteroatoms. The van der Waals surface area contributed by atoms with Gasteiger partial charge in [0.1, 0.15) is 5.82 Å². The van der Waals surface area contributed by atoms with Crippen molar-refractivity contribution in [1.29, 1.82) is 0 Å². The van der Waals surface area contributed by atoms with Crippen LogP contribution in [0.5, 0.6) is 0 Å². The monoisotopic (exact) mass is 298 g/mol. The van der Waals surface area contributed by atoms with E-state index in [2.05, 4.69) is 9.97 Å². The van der Waals surface area contributed by atoms with Gasteiger partial charge in [0.15, 0.2) is 0 Å². The smallest absolute Gasteiger partial charge is 0.255 e. The molecule has 5 nitrogen and oxygen atoms in total. The molecule has 0 aliphatic heterocycles. The third-order valence-corrected chi connectivity index (χ3v) is 3.45. The Kier molecular flexibility index (Phi) is 4.75. The number of amides is 1. The Bertz CT molecular complexity index is 642. The number of aromatic nitrogens is 2. The summed E-state index contributed by atoms with van der Waals surface area (Å²) < 4.78 is 0. The highest BCUT2D eigenvalue weighted by Gasteiger charge is 2.24. The molecule has 1 heterocycles. The second-order valence-electron chi connectivity index (χ2n) is 5.77. The van der Waals surface area contributed by atoms with Crippen LogP contribution in [0.1, 0.15) is 38.1 Å². The molecule has 0 saturated carbocycles. The minimum absolute atomic E-state index is 0.000718. The van der Waals surface area contributed by atoms with Gasteiger partial charge in [0.25, 0.3) is 5.91 Å². The molecule has 1 aromatic carbocycles. The number of carbonyl (C=O) groups is 1. The molecule has 0 bridgehead atoms. The van der Waals surface area contributed by atoms with Crippen molar-refractivity contribution in [1.82, 2.24) is 14.9 Å². The Morgan fingerprint density at radius 2 is 1.68 bits per heavy atom. The number of benzene rings is 1. The van der Waals surface area contributed by atoms with Crippen molar-refractivity contribution in [3.8, 4) is 11.3 Å². The average molecular weight is 298 g/mol. The first kappa shape index (κ1) is 15.9. The first-order valence-corrected chi connectivity index (χ1v) is 7.41. The highest BCUT2D eigenvalue weighted by molar-refractivity contribution is 6.00. The molecular formula is C17H22N4O. The van der Waals surface area contributed by atoms with Crippen LogP contribution in [-0.2, 0) is 0 Å². The summed E-state index contributed by atoms with van der Waals surface area (Å²) in [5, 5.41) is 0. The summed E-state index contributed by atoms with van der Waals surface area (Å²) >= 11 is 0. The van der Waals surface area contributed by atoms with Gasteiger partial charge < -0.3 is 10.6 Å². The zero-order valence-electron chi connectivity index (χ0n) is 13.4. The topological polar surface area (TPSA) is 72.1 Å². The maximum absolute atomic E-state index is 12.9. The van der Waals surface area contributed by atoms with Crippen LogP contribution < -0.4 is 5.73 Å². The molecule has 0 fully saturated rings. The molecule has 116 valence electrons. The molecule has 2 aromatic rings. The molecule has 2 N–H and O–H groups in total. The highest BCUT2D eigenvalue weighted by Crippen LogP contribution is 2.24. The van der Waals surface area contributed by atoms with Crippen molar-refractivity contribution in [2.75, 3.05) is 5.73 Å². The van der Waals surface area contributed by atoms with Crippen LogP contribution in [0.3, 0.4) is 0 Å². The molecule has 0 aliphatic rings. The fraction of sp³-hybridized carbons (Fsp3) is 0.353. The van der Waals surface area contributed by atoms with Gasteiger partial charge in [-0.15, -0.1) is 0 Å². The Hall–Kier alpha value is -2.43. The van der Waals surface area contributed by atoms with Crippen molar-refractivity contribution in [2.24, 2.45) is 0 Å². The number of carbonyl (C=O) groups excluding carboxylic acids is 1. The van der Waals surface area contributed by atoms with Crippen molar-refractivity contribution < 1.29 is 4.79 Å². The summed E-state index contributed by atoms with van der Waals surface area (Å²) in [6.45, 7) is 8.07. The lowest BCUT2D eigenvalue weighted by Crippen LogP contribution is -2.42. The molecule has 1 aromatic heterocycles. The molecule has 0 atom stereocenters. The number of nitrogens with two attached hydrogens (primary N) is 1. The summed E-state index contributed by atoms with van der Waals surface area (Å²) in [5.41, 5.74) is 7.62. The van der Waals surface area contributed by atoms with Gasteiger partial charge in [-0.1, -0.05) is 18.2 Å². The second-order valence-corrected chi connectivity index (χ2v) is 5.77. The van der Waals surface area contributed by atoms with Gasteiger partial charge in [-0.25, -0.2) is 4.98 Å². The van der Waals surface area contributed by atoms with E-state index in [0.29, 0.717) is 17.1 Å². The molecule has 2 rings (SSSR count). The van der Waals surface area contributed by atoms with E-state index in [1.165, 1.54) is 6.20 Å². The normalized spacial score (nSPS) is 11.0. The third-order valence-electron chi connectivity index (χ3n) is 3.45. The van der Waals surface area contributed by atoms with Gasteiger partial charge in [0, 0.05) is 23.2 Å². The lowest BCUT2D eigenvalue weighted by Gasteiger charge is -2.31. The van der Waals surface area contributed by atoms with Gasteiger partial charge in [-0.05, 0) is 33.8 Å². The van der Waals surface area contributed by atoms with Gasteiger partial charge in [0.05, 0.1) is 18.1 Å². The standard InChI is InChI=1S/C17H22N4O/c1-11(2)21(12(3)4)17(22)14-8-6-5-7-13(14)15-9-20-16(18)10-19-15/h5-12H,1-4H3,(H2,18,20). The maximum atomic E-state index is 12.9. The quantitative estimate of drug-likeness (QED) is 0.942. The average Bonchev–Trinajstić information content (AvgIpc) is 2.47. The predicted molar refractivity (Wildman–Crippen MR) is 88.3 cm³/mol. The van der Waals surface area contributed by atoms with E-state index in [-0.39, 0.29) is 18.0 Å². The van der Waals surface area contributed by atoms with Crippen LogP contribution in [0, 0.1) is 0 Å². The fourth-order valence-electron chi connectivity index (χ4n) is 2.57. The Morgan fingerprint density at radius 3 is 2.23 bits per heavy atom. The Morgan fingerprint density at radius 1 is 1.05 bits per heavy atom. The number of hydrogen-bond donors (Lipinski definition) is 1. The van der Waals surface area contributed by atoms with Crippen LogP contribution in [-0.4, -0.2) is 32.9 Å². The van der Waals surface area contributed by atoms with Gasteiger partial charge in [-0.2, -0.15) is 0 Å². The number of anilines is 1. The molecule has 1 amide bonds. The van der Waals surface area contributed by atoms with Crippen LogP contribution in [0.15, 0.2) is 36.7 Å². The van der Waals surface area contributed by atoms with E-state index in [4.69, 9.17) is 5.73 Å². The second kappa shape index (κ2) is 6.56. The van der Waals surface area contributed by atoms with Crippen molar-refractivity contribution in [2.45, 2.75) is 39.8 Å². The first-order chi connectivity index (χ1) is 10.4. The highest BCUT2D eigenvalue weighted by atomic mass is 16.2. The largest absolute Gasteiger partial charge is 0.382 e. The lowest BCUT2D eigenvalue weighted by molar-refractivity contribution is 0.0644. The third kappa shape index (κ3) is 3.24. The van der Waals surface area contributed by atoms with Gasteiger partial charge in [-0.3, -0.25) is 9.78 Å². The molecular weight excluding hydrogens is 276 g/mol. The summed E-state index contributed by atoms with van der Waals surface area (Å²) in [7, 11) is 0. The van der Waals surface area contributed by atoms with Crippen LogP contribution in [0.4, 0.5) is 5.82 Å². The van der Waals surface area contributed by atoms with Crippen LogP contribution in [0.2, 0.25) is 0 Å². The van der Waals surface area contributed by atoms with Crippen LogP contribution in [0.25, 0.3) is 11.3 Å².